The summed E-state index contributed by atoms with van der Waals surface area (Å²) in [5, 5.41) is 9.92. The van der Waals surface area contributed by atoms with Crippen LogP contribution in [0.25, 0.3) is 21.7 Å². The van der Waals surface area contributed by atoms with Crippen LogP contribution in [0.15, 0.2) is 77.4 Å². The number of rotatable bonds is 6. The molecule has 5 nitrogen and oxygen atoms in total. The minimum absolute atomic E-state index is 0.131. The number of anilines is 1. The topological polar surface area (TPSA) is 71.3 Å². The van der Waals surface area contributed by atoms with E-state index in [1.165, 1.54) is 4.88 Å². The van der Waals surface area contributed by atoms with Gasteiger partial charge in [-0.05, 0) is 53.6 Å². The minimum atomic E-state index is -0.152. The number of amides is 2. The van der Waals surface area contributed by atoms with E-state index in [-0.39, 0.29) is 18.2 Å². The van der Waals surface area contributed by atoms with Gasteiger partial charge in [0.1, 0.15) is 10.6 Å². The summed E-state index contributed by atoms with van der Waals surface area (Å²) in [4.78, 5) is 27.8. The molecule has 36 heavy (non-hydrogen) atoms. The zero-order valence-electron chi connectivity index (χ0n) is 19.8. The van der Waals surface area contributed by atoms with Crippen LogP contribution in [0.3, 0.4) is 0 Å². The largest absolute Gasteiger partial charge is 0.464 e. The first kappa shape index (κ1) is 22.6. The zero-order chi connectivity index (χ0) is 24.5. The molecule has 6 heteroatoms. The number of nitrogens with one attached hydrogen (secondary N) is 2. The quantitative estimate of drug-likeness (QED) is 0.278. The monoisotopic (exact) mass is 494 g/mol. The van der Waals surface area contributed by atoms with Crippen LogP contribution in [-0.2, 0) is 30.6 Å². The van der Waals surface area contributed by atoms with Crippen molar-refractivity contribution in [3.63, 3.8) is 0 Å². The second kappa shape index (κ2) is 9.63. The molecule has 3 aromatic carbocycles. The molecule has 0 atom stereocenters. The predicted octanol–water partition coefficient (Wildman–Crippen LogP) is 6.64. The average Bonchev–Trinajstić information content (AvgIpc) is 3.49. The van der Waals surface area contributed by atoms with Crippen LogP contribution < -0.4 is 10.6 Å². The summed E-state index contributed by atoms with van der Waals surface area (Å²) < 4.78 is 5.77. The molecule has 2 heterocycles. The second-order valence-corrected chi connectivity index (χ2v) is 10.3. The third-order valence-electron chi connectivity index (χ3n) is 6.84. The van der Waals surface area contributed by atoms with Crippen molar-refractivity contribution in [2.75, 3.05) is 5.32 Å². The van der Waals surface area contributed by atoms with Gasteiger partial charge in [0, 0.05) is 22.4 Å². The Morgan fingerprint density at radius 2 is 1.72 bits per heavy atom. The fourth-order valence-electron chi connectivity index (χ4n) is 5.11. The number of aryl methyl sites for hydroxylation is 1. The molecule has 0 saturated carbocycles. The normalized spacial score (nSPS) is 13.0. The Morgan fingerprint density at radius 3 is 2.61 bits per heavy atom. The summed E-state index contributed by atoms with van der Waals surface area (Å²) >= 11 is 1.54. The molecule has 6 rings (SSSR count). The summed E-state index contributed by atoms with van der Waals surface area (Å²) in [6, 6.07) is 21.9. The van der Waals surface area contributed by atoms with Crippen LogP contribution in [0.4, 0.5) is 5.00 Å². The lowest BCUT2D eigenvalue weighted by atomic mass is 9.95. The lowest BCUT2D eigenvalue weighted by Crippen LogP contribution is -2.25. The maximum absolute atomic E-state index is 13.3. The van der Waals surface area contributed by atoms with Gasteiger partial charge in [-0.1, -0.05) is 60.7 Å². The Hall–Kier alpha value is -3.90. The van der Waals surface area contributed by atoms with E-state index in [9.17, 15) is 9.59 Å². The standard InChI is InChI=1S/C30H26N2O3S/c33-26(16-21-18-35-24-15-14-20-10-4-5-11-22(20)27(21)24)32-30-28(23-12-6-7-13-25(23)36-30)29(34)31-17-19-8-2-1-3-9-19/h1-5,8-11,14-15,18H,6-7,12-13,16-17H2,(H,31,34)(H,32,33). The maximum Gasteiger partial charge on any atom is 0.254 e. The molecule has 0 bridgehead atoms. The molecule has 0 fully saturated rings. The number of hydrogen-bond donors (Lipinski definition) is 2. The van der Waals surface area contributed by atoms with Crippen LogP contribution in [0, 0.1) is 0 Å². The van der Waals surface area contributed by atoms with Crippen LogP contribution in [-0.4, -0.2) is 11.8 Å². The molecule has 180 valence electrons. The van der Waals surface area contributed by atoms with Crippen LogP contribution in [0.2, 0.25) is 0 Å². The zero-order valence-corrected chi connectivity index (χ0v) is 20.6. The van der Waals surface area contributed by atoms with E-state index >= 15 is 0 Å². The smallest absolute Gasteiger partial charge is 0.254 e. The van der Waals surface area contributed by atoms with Crippen LogP contribution >= 0.6 is 11.3 Å². The van der Waals surface area contributed by atoms with Crippen molar-refractivity contribution < 1.29 is 14.0 Å². The van der Waals surface area contributed by atoms with Gasteiger partial charge < -0.3 is 15.1 Å². The van der Waals surface area contributed by atoms with E-state index in [4.69, 9.17) is 4.42 Å². The Bertz CT molecular complexity index is 1580. The van der Waals surface area contributed by atoms with Gasteiger partial charge in [0.25, 0.3) is 5.91 Å². The molecule has 0 unspecified atom stereocenters. The highest BCUT2D eigenvalue weighted by molar-refractivity contribution is 7.17. The molecule has 2 aromatic heterocycles. The van der Waals surface area contributed by atoms with Crippen molar-refractivity contribution in [3.8, 4) is 0 Å². The number of carbonyl (C=O) groups is 2. The van der Waals surface area contributed by atoms with E-state index in [2.05, 4.69) is 22.8 Å². The molecule has 2 amide bonds. The Balaban J connectivity index is 1.26. The number of thiophene rings is 1. The summed E-state index contributed by atoms with van der Waals surface area (Å²) in [6.45, 7) is 0.450. The molecule has 0 saturated heterocycles. The van der Waals surface area contributed by atoms with E-state index in [1.807, 2.05) is 54.6 Å². The third-order valence-corrected chi connectivity index (χ3v) is 8.05. The van der Waals surface area contributed by atoms with E-state index in [0.29, 0.717) is 17.1 Å². The SMILES string of the molecule is O=C(Cc1coc2ccc3ccccc3c12)Nc1sc2c(c1C(=O)NCc1ccccc1)CCCC2. The summed E-state index contributed by atoms with van der Waals surface area (Å²) in [7, 11) is 0. The first-order chi connectivity index (χ1) is 17.7. The summed E-state index contributed by atoms with van der Waals surface area (Å²) in [6.07, 6.45) is 5.84. The molecule has 1 aliphatic rings. The molecular formula is C30H26N2O3S. The number of fused-ring (bicyclic) bond motifs is 4. The lowest BCUT2D eigenvalue weighted by Gasteiger charge is -2.13. The predicted molar refractivity (Wildman–Crippen MR) is 145 cm³/mol. The Morgan fingerprint density at radius 1 is 0.917 bits per heavy atom. The van der Waals surface area contributed by atoms with Crippen LogP contribution in [0.1, 0.15) is 44.8 Å². The highest BCUT2D eigenvalue weighted by atomic mass is 32.1. The van der Waals surface area contributed by atoms with Crippen molar-refractivity contribution in [1.29, 1.82) is 0 Å². The fraction of sp³-hybridized carbons (Fsp3) is 0.200. The van der Waals surface area contributed by atoms with Crippen molar-refractivity contribution in [2.45, 2.75) is 38.6 Å². The molecule has 2 N–H and O–H groups in total. The average molecular weight is 495 g/mol. The first-order valence-electron chi connectivity index (χ1n) is 12.3. The number of furan rings is 1. The van der Waals surface area contributed by atoms with Crippen LogP contribution in [0.5, 0.6) is 0 Å². The van der Waals surface area contributed by atoms with Crippen molar-refractivity contribution in [1.82, 2.24) is 5.32 Å². The first-order valence-corrected chi connectivity index (χ1v) is 13.1. The van der Waals surface area contributed by atoms with E-state index < -0.39 is 0 Å². The fourth-order valence-corrected chi connectivity index (χ4v) is 6.41. The number of hydrogen-bond acceptors (Lipinski definition) is 4. The van der Waals surface area contributed by atoms with E-state index in [0.717, 1.165) is 64.1 Å². The van der Waals surface area contributed by atoms with Crippen molar-refractivity contribution in [2.24, 2.45) is 0 Å². The maximum atomic E-state index is 13.3. The molecule has 0 radical (unpaired) electrons. The molecule has 0 aliphatic heterocycles. The van der Waals surface area contributed by atoms with Gasteiger partial charge in [0.05, 0.1) is 18.2 Å². The number of benzene rings is 3. The lowest BCUT2D eigenvalue weighted by molar-refractivity contribution is -0.115. The Labute approximate surface area is 213 Å². The van der Waals surface area contributed by atoms with Gasteiger partial charge in [-0.25, -0.2) is 0 Å². The summed E-state index contributed by atoms with van der Waals surface area (Å²) in [5.41, 5.74) is 4.37. The van der Waals surface area contributed by atoms with Crippen molar-refractivity contribution in [3.05, 3.63) is 100 Å². The van der Waals surface area contributed by atoms with Gasteiger partial charge in [-0.15, -0.1) is 11.3 Å². The van der Waals surface area contributed by atoms with Gasteiger partial charge in [-0.2, -0.15) is 0 Å². The van der Waals surface area contributed by atoms with Gasteiger partial charge in [0.2, 0.25) is 5.91 Å². The molecule has 1 aliphatic carbocycles. The Kier molecular flexibility index (Phi) is 6.03. The third kappa shape index (κ3) is 4.29. The molecule has 5 aromatic rings. The molecular weight excluding hydrogens is 468 g/mol. The number of carbonyl (C=O) groups excluding carboxylic acids is 2. The molecule has 0 spiro atoms. The van der Waals surface area contributed by atoms with E-state index in [1.54, 1.807) is 17.6 Å². The van der Waals surface area contributed by atoms with Gasteiger partial charge in [-0.3, -0.25) is 9.59 Å². The minimum Gasteiger partial charge on any atom is -0.464 e. The van der Waals surface area contributed by atoms with Crippen molar-refractivity contribution >= 4 is 49.9 Å². The van der Waals surface area contributed by atoms with Gasteiger partial charge >= 0.3 is 0 Å². The second-order valence-electron chi connectivity index (χ2n) is 9.23. The highest BCUT2D eigenvalue weighted by Gasteiger charge is 2.26. The van der Waals surface area contributed by atoms with Gasteiger partial charge in [0.15, 0.2) is 0 Å². The summed E-state index contributed by atoms with van der Waals surface area (Å²) in [5.74, 6) is -0.283. The highest BCUT2D eigenvalue weighted by Crippen LogP contribution is 2.38.